The van der Waals surface area contributed by atoms with Gasteiger partial charge in [0.2, 0.25) is 0 Å². The van der Waals surface area contributed by atoms with Crippen LogP contribution in [-0.2, 0) is 23.9 Å². The number of aromatic nitrogens is 2. The number of carbonyl (C=O) groups excluding carboxylic acids is 3. The highest BCUT2D eigenvalue weighted by Gasteiger charge is 2.54. The first-order valence-electron chi connectivity index (χ1n) is 7.55. The monoisotopic (exact) mass is 348 g/mol. The molecule has 7 nitrogen and oxygen atoms in total. The van der Waals surface area contributed by atoms with E-state index in [4.69, 9.17) is 9.47 Å². The van der Waals surface area contributed by atoms with E-state index in [1.165, 1.54) is 0 Å². The second kappa shape index (κ2) is 6.64. The van der Waals surface area contributed by atoms with E-state index in [1.54, 1.807) is 6.92 Å². The summed E-state index contributed by atoms with van der Waals surface area (Å²) in [6.07, 6.45) is 0.0457. The molecule has 8 heteroatoms. The van der Waals surface area contributed by atoms with Crippen molar-refractivity contribution in [1.82, 2.24) is 9.97 Å². The average Bonchev–Trinajstić information content (AvgIpc) is 3.16. The lowest BCUT2D eigenvalue weighted by molar-refractivity contribution is -0.177. The summed E-state index contributed by atoms with van der Waals surface area (Å²) in [6.45, 7) is 1.75. The number of nitrogens with one attached hydrogen (secondary N) is 1. The van der Waals surface area contributed by atoms with Gasteiger partial charge >= 0.3 is 11.9 Å². The van der Waals surface area contributed by atoms with Gasteiger partial charge in [-0.2, -0.15) is 0 Å². The lowest BCUT2D eigenvalue weighted by Gasteiger charge is -2.23. The van der Waals surface area contributed by atoms with Crippen molar-refractivity contribution in [2.24, 2.45) is 0 Å². The van der Waals surface area contributed by atoms with Gasteiger partial charge in [-0.1, -0.05) is 23.9 Å². The third-order valence-electron chi connectivity index (χ3n) is 3.73. The number of H-pyrrole nitrogens is 1. The fourth-order valence-electron chi connectivity index (χ4n) is 2.52. The molecular weight excluding hydrogens is 332 g/mol. The maximum Gasteiger partial charge on any atom is 0.358 e. The van der Waals surface area contributed by atoms with Crippen LogP contribution >= 0.6 is 11.8 Å². The Balaban J connectivity index is 1.73. The van der Waals surface area contributed by atoms with Gasteiger partial charge in [-0.15, -0.1) is 0 Å². The zero-order valence-corrected chi connectivity index (χ0v) is 13.9. The molecule has 0 saturated carbocycles. The van der Waals surface area contributed by atoms with Gasteiger partial charge in [-0.05, 0) is 19.1 Å². The molecular formula is C16H16N2O5S. The van der Waals surface area contributed by atoms with E-state index in [-0.39, 0.29) is 25.2 Å². The number of imidazole rings is 1. The van der Waals surface area contributed by atoms with Crippen molar-refractivity contribution in [3.63, 3.8) is 0 Å². The molecule has 0 aliphatic carbocycles. The molecule has 1 fully saturated rings. The average molecular weight is 348 g/mol. The minimum absolute atomic E-state index is 0.0180. The number of Topliss-reactive ketones (excluding diaryl/α,β-unsaturated/α-hetero) is 1. The topological polar surface area (TPSA) is 98.4 Å². The van der Waals surface area contributed by atoms with Crippen molar-refractivity contribution in [1.29, 1.82) is 0 Å². The summed E-state index contributed by atoms with van der Waals surface area (Å²) in [4.78, 5) is 43.6. The zero-order chi connectivity index (χ0) is 17.2. The van der Waals surface area contributed by atoms with Crippen LogP contribution in [-0.4, -0.2) is 45.7 Å². The number of para-hydroxylation sites is 2. The van der Waals surface area contributed by atoms with E-state index >= 15 is 0 Å². The number of thioether (sulfide) groups is 1. The molecule has 3 rings (SSSR count). The fraction of sp³-hybridized carbons (Fsp3) is 0.375. The van der Waals surface area contributed by atoms with Gasteiger partial charge in [-0.25, -0.2) is 9.78 Å². The molecule has 1 aromatic heterocycles. The highest BCUT2D eigenvalue weighted by atomic mass is 32.2. The number of ketones is 1. The molecule has 1 unspecified atom stereocenters. The molecule has 1 aliphatic rings. The van der Waals surface area contributed by atoms with Crippen molar-refractivity contribution in [2.75, 3.05) is 12.4 Å². The summed E-state index contributed by atoms with van der Waals surface area (Å²) in [7, 11) is 0. The highest BCUT2D eigenvalue weighted by Crippen LogP contribution is 2.31. The number of esters is 2. The van der Waals surface area contributed by atoms with E-state index in [2.05, 4.69) is 9.97 Å². The number of benzene rings is 1. The van der Waals surface area contributed by atoms with Crippen molar-refractivity contribution >= 4 is 40.5 Å². The Morgan fingerprint density at radius 2 is 2.21 bits per heavy atom. The van der Waals surface area contributed by atoms with Crippen LogP contribution in [0.5, 0.6) is 0 Å². The Morgan fingerprint density at radius 3 is 2.88 bits per heavy atom. The number of cyclic esters (lactones) is 1. The Bertz CT molecular complexity index is 770. The number of carbonyl (C=O) groups is 3. The van der Waals surface area contributed by atoms with E-state index in [1.807, 2.05) is 24.3 Å². The number of aromatic amines is 1. The predicted molar refractivity (Wildman–Crippen MR) is 86.5 cm³/mol. The van der Waals surface area contributed by atoms with Crippen molar-refractivity contribution < 1.29 is 23.9 Å². The minimum Gasteiger partial charge on any atom is -0.463 e. The van der Waals surface area contributed by atoms with Gasteiger partial charge < -0.3 is 14.5 Å². The number of rotatable bonds is 6. The number of hydrogen-bond donors (Lipinski definition) is 1. The van der Waals surface area contributed by atoms with Crippen LogP contribution in [0.2, 0.25) is 0 Å². The number of nitrogens with zero attached hydrogens (tertiary/aromatic N) is 1. The van der Waals surface area contributed by atoms with Crippen LogP contribution in [0.3, 0.4) is 0 Å². The molecule has 1 N–H and O–H groups in total. The minimum atomic E-state index is -1.81. The first-order chi connectivity index (χ1) is 11.5. The second-order valence-electron chi connectivity index (χ2n) is 5.29. The molecule has 126 valence electrons. The summed E-state index contributed by atoms with van der Waals surface area (Å²) >= 11 is 1.16. The maximum absolute atomic E-state index is 12.6. The SMILES string of the molecule is CCOC(=O)C1(C(=O)CSc2nc3ccccc3[nH]2)CCC(=O)O1. The summed E-state index contributed by atoms with van der Waals surface area (Å²) in [5.74, 6) is -1.90. The van der Waals surface area contributed by atoms with E-state index in [0.717, 1.165) is 22.8 Å². The maximum atomic E-state index is 12.6. The van der Waals surface area contributed by atoms with Gasteiger partial charge in [0, 0.05) is 6.42 Å². The van der Waals surface area contributed by atoms with Gasteiger partial charge in [0.15, 0.2) is 10.9 Å². The molecule has 2 heterocycles. The first-order valence-corrected chi connectivity index (χ1v) is 8.53. The normalized spacial score (nSPS) is 20.1. The third-order valence-corrected chi connectivity index (χ3v) is 4.61. The predicted octanol–water partition coefficient (Wildman–Crippen LogP) is 1.86. The van der Waals surface area contributed by atoms with Crippen LogP contribution in [0.1, 0.15) is 19.8 Å². The van der Waals surface area contributed by atoms with E-state index in [0.29, 0.717) is 5.16 Å². The molecule has 0 bridgehead atoms. The van der Waals surface area contributed by atoms with Gasteiger partial charge in [0.05, 0.1) is 29.8 Å². The zero-order valence-electron chi connectivity index (χ0n) is 13.0. The largest absolute Gasteiger partial charge is 0.463 e. The molecule has 1 aliphatic heterocycles. The third kappa shape index (κ3) is 3.01. The van der Waals surface area contributed by atoms with Crippen LogP contribution < -0.4 is 0 Å². The Labute approximate surface area is 142 Å². The van der Waals surface area contributed by atoms with E-state index in [9.17, 15) is 14.4 Å². The molecule has 0 spiro atoms. The Kier molecular flexibility index (Phi) is 4.57. The smallest absolute Gasteiger partial charge is 0.358 e. The van der Waals surface area contributed by atoms with Crippen LogP contribution in [0.15, 0.2) is 29.4 Å². The number of ether oxygens (including phenoxy) is 2. The lowest BCUT2D eigenvalue weighted by atomic mass is 9.96. The van der Waals surface area contributed by atoms with Crippen LogP contribution in [0, 0.1) is 0 Å². The van der Waals surface area contributed by atoms with E-state index < -0.39 is 23.3 Å². The standard InChI is InChI=1S/C16H16N2O5S/c1-2-22-14(21)16(8-7-13(20)23-16)12(19)9-24-15-17-10-5-3-4-6-11(10)18-15/h3-6H,2,7-9H2,1H3,(H,17,18). The Morgan fingerprint density at radius 1 is 1.42 bits per heavy atom. The molecule has 0 amide bonds. The summed E-state index contributed by atoms with van der Waals surface area (Å²) in [5, 5.41) is 0.563. The molecule has 2 aromatic rings. The van der Waals surface area contributed by atoms with Gasteiger partial charge in [0.25, 0.3) is 5.60 Å². The van der Waals surface area contributed by atoms with Crippen LogP contribution in [0.4, 0.5) is 0 Å². The lowest BCUT2D eigenvalue weighted by Crippen LogP contribution is -2.48. The first kappa shape index (κ1) is 16.5. The highest BCUT2D eigenvalue weighted by molar-refractivity contribution is 7.99. The fourth-order valence-corrected chi connectivity index (χ4v) is 3.37. The molecule has 1 atom stereocenters. The van der Waals surface area contributed by atoms with Crippen LogP contribution in [0.25, 0.3) is 11.0 Å². The van der Waals surface area contributed by atoms with Crippen molar-refractivity contribution in [3.05, 3.63) is 24.3 Å². The van der Waals surface area contributed by atoms with Gasteiger partial charge in [0.1, 0.15) is 0 Å². The molecule has 1 saturated heterocycles. The summed E-state index contributed by atoms with van der Waals surface area (Å²) < 4.78 is 9.99. The second-order valence-corrected chi connectivity index (χ2v) is 6.26. The Hall–Kier alpha value is -2.35. The summed E-state index contributed by atoms with van der Waals surface area (Å²) in [6, 6.07) is 7.49. The number of fused-ring (bicyclic) bond motifs is 1. The number of hydrogen-bond acceptors (Lipinski definition) is 7. The quantitative estimate of drug-likeness (QED) is 0.483. The van der Waals surface area contributed by atoms with Crippen molar-refractivity contribution in [3.8, 4) is 0 Å². The molecule has 24 heavy (non-hydrogen) atoms. The summed E-state index contributed by atoms with van der Waals surface area (Å²) in [5.41, 5.74) is -0.161. The molecule has 1 aromatic carbocycles. The molecule has 0 radical (unpaired) electrons. The van der Waals surface area contributed by atoms with Crippen molar-refractivity contribution in [2.45, 2.75) is 30.5 Å². The van der Waals surface area contributed by atoms with Gasteiger partial charge in [-0.3, -0.25) is 9.59 Å².